The van der Waals surface area contributed by atoms with Gasteiger partial charge in [0.15, 0.2) is 5.65 Å². The third-order valence-corrected chi connectivity index (χ3v) is 7.42. The Morgan fingerprint density at radius 1 is 1.02 bits per heavy atom. The van der Waals surface area contributed by atoms with Gasteiger partial charge in [-0.15, -0.1) is 0 Å². The number of fused-ring (bicyclic) bond motifs is 2. The van der Waals surface area contributed by atoms with Crippen LogP contribution in [0.4, 0.5) is 23.0 Å². The lowest BCUT2D eigenvalue weighted by atomic mass is 10.1. The van der Waals surface area contributed by atoms with Gasteiger partial charge in [-0.05, 0) is 55.0 Å². The molecule has 3 aromatic carbocycles. The molecule has 0 radical (unpaired) electrons. The largest absolute Gasteiger partial charge is 0.497 e. The van der Waals surface area contributed by atoms with Crippen LogP contribution in [0, 0.1) is 6.92 Å². The molecule has 0 saturated heterocycles. The van der Waals surface area contributed by atoms with Gasteiger partial charge in [-0.1, -0.05) is 29.8 Å². The molecule has 3 heterocycles. The summed E-state index contributed by atoms with van der Waals surface area (Å²) in [4.78, 5) is 25.7. The highest BCUT2D eigenvalue weighted by molar-refractivity contribution is 6.30. The minimum Gasteiger partial charge on any atom is -0.497 e. The molecule has 1 aliphatic heterocycles. The van der Waals surface area contributed by atoms with Crippen molar-refractivity contribution in [3.05, 3.63) is 99.4 Å². The molecule has 0 saturated carbocycles. The van der Waals surface area contributed by atoms with E-state index in [4.69, 9.17) is 26.1 Å². The molecule has 10 heteroatoms. The fourth-order valence-corrected chi connectivity index (χ4v) is 5.34. The fourth-order valence-electron chi connectivity index (χ4n) is 5.16. The second kappa shape index (κ2) is 11.0. The van der Waals surface area contributed by atoms with Crippen molar-refractivity contribution in [2.75, 3.05) is 42.8 Å². The maximum atomic E-state index is 14.3. The number of nitrogens with zero attached hydrogens (tertiary/aromatic N) is 4. The predicted molar refractivity (Wildman–Crippen MR) is 164 cm³/mol. The third-order valence-electron chi connectivity index (χ3n) is 7.19. The number of aromatic nitrogens is 3. The summed E-state index contributed by atoms with van der Waals surface area (Å²) in [5.41, 5.74) is 5.45. The Hall–Kier alpha value is -4.76. The fraction of sp³-hybridized carbons (Fsp3) is 0.194. The molecule has 1 aliphatic rings. The Kier molecular flexibility index (Phi) is 7.11. The van der Waals surface area contributed by atoms with E-state index in [9.17, 15) is 4.79 Å². The summed E-state index contributed by atoms with van der Waals surface area (Å²) in [5, 5.41) is 7.99. The van der Waals surface area contributed by atoms with Crippen LogP contribution in [0.5, 0.6) is 11.5 Å². The minimum atomic E-state index is -0.199. The van der Waals surface area contributed by atoms with Crippen LogP contribution in [-0.4, -0.2) is 41.8 Å². The molecule has 208 valence electrons. The van der Waals surface area contributed by atoms with E-state index in [1.165, 1.54) is 0 Å². The second-order valence-corrected chi connectivity index (χ2v) is 10.1. The molecule has 2 N–H and O–H groups in total. The Morgan fingerprint density at radius 3 is 2.68 bits per heavy atom. The van der Waals surface area contributed by atoms with Crippen molar-refractivity contribution in [3.63, 3.8) is 0 Å². The standard InChI is InChI=1S/C31H29ClN6O3/c1-19-6-4-9-25-28(19)33-12-13-37(25)26-14-21-18-35-31(34-17-20-10-11-24(40-2)16-27(20)41-3)36-29(21)38(30(26)39)23-8-5-7-22(32)15-23/h4-11,14-16,18,33H,12-13,17H2,1-3H3,(H,34,35,36). The van der Waals surface area contributed by atoms with Gasteiger partial charge in [0.1, 0.15) is 17.2 Å². The molecule has 6 rings (SSSR count). The van der Waals surface area contributed by atoms with Crippen molar-refractivity contribution in [1.82, 2.24) is 14.5 Å². The highest BCUT2D eigenvalue weighted by Crippen LogP contribution is 2.36. The minimum absolute atomic E-state index is 0.199. The van der Waals surface area contributed by atoms with Crippen molar-refractivity contribution in [2.24, 2.45) is 0 Å². The maximum Gasteiger partial charge on any atom is 0.280 e. The van der Waals surface area contributed by atoms with Crippen molar-refractivity contribution in [1.29, 1.82) is 0 Å². The van der Waals surface area contributed by atoms with Gasteiger partial charge >= 0.3 is 0 Å². The zero-order valence-corrected chi connectivity index (χ0v) is 23.7. The predicted octanol–water partition coefficient (Wildman–Crippen LogP) is 5.94. The number of ether oxygens (including phenoxy) is 2. The molecule has 5 aromatic rings. The number of aryl methyl sites for hydroxylation is 1. The van der Waals surface area contributed by atoms with Crippen LogP contribution in [0.3, 0.4) is 0 Å². The Labute approximate surface area is 242 Å². The highest BCUT2D eigenvalue weighted by Gasteiger charge is 2.24. The van der Waals surface area contributed by atoms with Crippen molar-refractivity contribution >= 4 is 45.6 Å². The first-order chi connectivity index (χ1) is 20.0. The van der Waals surface area contributed by atoms with E-state index >= 15 is 0 Å². The molecule has 0 aliphatic carbocycles. The number of halogens is 1. The molecule has 0 amide bonds. The monoisotopic (exact) mass is 568 g/mol. The van der Waals surface area contributed by atoms with E-state index < -0.39 is 0 Å². The number of methoxy groups -OCH3 is 2. The molecule has 0 bridgehead atoms. The van der Waals surface area contributed by atoms with Gasteiger partial charge in [0.25, 0.3) is 5.56 Å². The first kappa shape index (κ1) is 26.5. The molecule has 9 nitrogen and oxygen atoms in total. The van der Waals surface area contributed by atoms with E-state index in [2.05, 4.69) is 33.5 Å². The summed E-state index contributed by atoms with van der Waals surface area (Å²) >= 11 is 6.37. The number of nitrogens with one attached hydrogen (secondary N) is 2. The van der Waals surface area contributed by atoms with Gasteiger partial charge in [0.05, 0.1) is 31.3 Å². The average molecular weight is 569 g/mol. The molecular formula is C31H29ClN6O3. The molecule has 0 spiro atoms. The number of rotatable bonds is 7. The molecular weight excluding hydrogens is 540 g/mol. The van der Waals surface area contributed by atoms with E-state index in [-0.39, 0.29) is 5.56 Å². The summed E-state index contributed by atoms with van der Waals surface area (Å²) < 4.78 is 12.4. The van der Waals surface area contributed by atoms with Crippen molar-refractivity contribution in [3.8, 4) is 17.2 Å². The second-order valence-electron chi connectivity index (χ2n) is 9.70. The number of anilines is 4. The van der Waals surface area contributed by atoms with Gasteiger partial charge in [0, 0.05) is 47.9 Å². The Bertz CT molecular complexity index is 1820. The summed E-state index contributed by atoms with van der Waals surface area (Å²) in [7, 11) is 3.23. The number of hydrogen-bond donors (Lipinski definition) is 2. The number of hydrogen-bond acceptors (Lipinski definition) is 8. The van der Waals surface area contributed by atoms with Gasteiger partial charge in [-0.2, -0.15) is 4.98 Å². The molecule has 0 unspecified atom stereocenters. The summed E-state index contributed by atoms with van der Waals surface area (Å²) in [6, 6.07) is 20.8. The zero-order chi connectivity index (χ0) is 28.5. The van der Waals surface area contributed by atoms with Crippen LogP contribution in [0.15, 0.2) is 77.7 Å². The number of para-hydroxylation sites is 1. The number of pyridine rings is 1. The smallest absolute Gasteiger partial charge is 0.280 e. The SMILES string of the molecule is COc1ccc(CNc2ncc3cc(N4CCNc5c(C)cccc54)c(=O)n(-c4cccc(Cl)c4)c3n2)c(OC)c1. The van der Waals surface area contributed by atoms with E-state index in [1.807, 2.05) is 48.5 Å². The van der Waals surface area contributed by atoms with Crippen LogP contribution in [0.1, 0.15) is 11.1 Å². The van der Waals surface area contributed by atoms with E-state index in [1.54, 1.807) is 37.1 Å². The van der Waals surface area contributed by atoms with Crippen LogP contribution in [-0.2, 0) is 6.54 Å². The van der Waals surface area contributed by atoms with Crippen LogP contribution < -0.4 is 30.6 Å². The Morgan fingerprint density at radius 2 is 1.88 bits per heavy atom. The van der Waals surface area contributed by atoms with Crippen molar-refractivity contribution < 1.29 is 9.47 Å². The van der Waals surface area contributed by atoms with Crippen LogP contribution in [0.2, 0.25) is 5.02 Å². The Balaban J connectivity index is 1.46. The number of benzene rings is 3. The van der Waals surface area contributed by atoms with Crippen LogP contribution >= 0.6 is 11.6 Å². The topological polar surface area (TPSA) is 93.5 Å². The molecule has 0 atom stereocenters. The average Bonchev–Trinajstić information content (AvgIpc) is 2.99. The normalized spacial score (nSPS) is 12.5. The quantitative estimate of drug-likeness (QED) is 0.249. The molecule has 2 aromatic heterocycles. The van der Waals surface area contributed by atoms with Crippen molar-refractivity contribution in [2.45, 2.75) is 13.5 Å². The lowest BCUT2D eigenvalue weighted by Gasteiger charge is -2.33. The zero-order valence-electron chi connectivity index (χ0n) is 22.9. The summed E-state index contributed by atoms with van der Waals surface area (Å²) in [6.07, 6.45) is 1.74. The van der Waals surface area contributed by atoms with Gasteiger partial charge < -0.3 is 25.0 Å². The molecule has 41 heavy (non-hydrogen) atoms. The summed E-state index contributed by atoms with van der Waals surface area (Å²) in [6.45, 7) is 3.82. The third kappa shape index (κ3) is 5.00. The lowest BCUT2D eigenvalue weighted by molar-refractivity contribution is 0.391. The van der Waals surface area contributed by atoms with E-state index in [0.717, 1.165) is 27.9 Å². The van der Waals surface area contributed by atoms with Gasteiger partial charge in [0.2, 0.25) is 5.95 Å². The van der Waals surface area contributed by atoms with Gasteiger partial charge in [-0.25, -0.2) is 4.98 Å². The summed E-state index contributed by atoms with van der Waals surface area (Å²) in [5.74, 6) is 1.77. The first-order valence-electron chi connectivity index (χ1n) is 13.2. The lowest BCUT2D eigenvalue weighted by Crippen LogP contribution is -2.35. The highest BCUT2D eigenvalue weighted by atomic mass is 35.5. The van der Waals surface area contributed by atoms with Crippen LogP contribution in [0.25, 0.3) is 16.7 Å². The maximum absolute atomic E-state index is 14.3. The first-order valence-corrected chi connectivity index (χ1v) is 13.6. The van der Waals surface area contributed by atoms with E-state index in [0.29, 0.717) is 59.1 Å². The molecule has 0 fully saturated rings. The van der Waals surface area contributed by atoms with Gasteiger partial charge in [-0.3, -0.25) is 9.36 Å².